The number of amides is 1. The van der Waals surface area contributed by atoms with Crippen molar-refractivity contribution in [2.45, 2.75) is 13.8 Å². The summed E-state index contributed by atoms with van der Waals surface area (Å²) in [5.74, 6) is -0.151. The van der Waals surface area contributed by atoms with Crippen molar-refractivity contribution >= 4 is 17.9 Å². The molecule has 1 N–H and O–H groups in total. The highest BCUT2D eigenvalue weighted by Gasteiger charge is 2.07. The molecule has 0 saturated heterocycles. The largest absolute Gasteiger partial charge is 0.322 e. The maximum absolute atomic E-state index is 12.1. The Morgan fingerprint density at radius 2 is 1.68 bits per heavy atom. The van der Waals surface area contributed by atoms with Gasteiger partial charge in [0.15, 0.2) is 0 Å². The molecule has 96 valence electrons. The highest BCUT2D eigenvalue weighted by Crippen LogP contribution is 2.13. The Morgan fingerprint density at radius 3 is 2.26 bits per heavy atom. The van der Waals surface area contributed by atoms with Crippen molar-refractivity contribution in [3.63, 3.8) is 0 Å². The van der Waals surface area contributed by atoms with Crippen molar-refractivity contribution < 1.29 is 9.59 Å². The number of rotatable bonds is 3. The van der Waals surface area contributed by atoms with Gasteiger partial charge >= 0.3 is 0 Å². The minimum atomic E-state index is -0.151. The molecular weight excluding hydrogens is 238 g/mol. The number of benzene rings is 2. The van der Waals surface area contributed by atoms with Gasteiger partial charge in [-0.3, -0.25) is 9.59 Å². The molecule has 0 fully saturated rings. The lowest BCUT2D eigenvalue weighted by molar-refractivity contribution is 0.102. The van der Waals surface area contributed by atoms with Crippen molar-refractivity contribution in [3.05, 3.63) is 64.7 Å². The van der Waals surface area contributed by atoms with Crippen LogP contribution in [-0.2, 0) is 0 Å². The van der Waals surface area contributed by atoms with Gasteiger partial charge in [-0.05, 0) is 61.4 Å². The van der Waals surface area contributed by atoms with Crippen LogP contribution < -0.4 is 5.32 Å². The van der Waals surface area contributed by atoms with Gasteiger partial charge < -0.3 is 5.32 Å². The lowest BCUT2D eigenvalue weighted by atomic mass is 10.1. The summed E-state index contributed by atoms with van der Waals surface area (Å²) < 4.78 is 0. The predicted octanol–water partition coefficient (Wildman–Crippen LogP) is 3.37. The van der Waals surface area contributed by atoms with Crippen molar-refractivity contribution in [2.24, 2.45) is 0 Å². The first kappa shape index (κ1) is 13.0. The summed E-state index contributed by atoms with van der Waals surface area (Å²) in [5, 5.41) is 2.80. The smallest absolute Gasteiger partial charge is 0.255 e. The van der Waals surface area contributed by atoms with Crippen molar-refractivity contribution in [1.29, 1.82) is 0 Å². The number of aldehydes is 1. The highest BCUT2D eigenvalue weighted by atomic mass is 16.1. The number of hydrogen-bond donors (Lipinski definition) is 1. The molecule has 0 aliphatic heterocycles. The number of nitrogens with one attached hydrogen (secondary N) is 1. The van der Waals surface area contributed by atoms with Gasteiger partial charge in [0.05, 0.1) is 0 Å². The summed E-state index contributed by atoms with van der Waals surface area (Å²) >= 11 is 0. The predicted molar refractivity (Wildman–Crippen MR) is 75.7 cm³/mol. The molecule has 0 atom stereocenters. The average Bonchev–Trinajstić information content (AvgIpc) is 2.42. The highest BCUT2D eigenvalue weighted by molar-refractivity contribution is 6.04. The van der Waals surface area contributed by atoms with E-state index < -0.39 is 0 Å². The molecule has 0 aliphatic rings. The van der Waals surface area contributed by atoms with E-state index in [1.165, 1.54) is 0 Å². The first-order valence-corrected chi connectivity index (χ1v) is 6.04. The standard InChI is InChI=1S/C16H15NO2/c1-11-3-6-14(9-12(11)2)16(19)17-15-7-4-13(10-18)5-8-15/h3-10H,1-2H3,(H,17,19). The zero-order valence-corrected chi connectivity index (χ0v) is 10.9. The van der Waals surface area contributed by atoms with Crippen LogP contribution in [0.5, 0.6) is 0 Å². The fraction of sp³-hybridized carbons (Fsp3) is 0.125. The molecule has 0 unspecified atom stereocenters. The fourth-order valence-corrected chi connectivity index (χ4v) is 1.73. The van der Waals surface area contributed by atoms with Crippen LogP contribution in [0.25, 0.3) is 0 Å². The molecule has 3 nitrogen and oxygen atoms in total. The normalized spacial score (nSPS) is 10.0. The van der Waals surface area contributed by atoms with Crippen LogP contribution in [0, 0.1) is 13.8 Å². The second-order valence-electron chi connectivity index (χ2n) is 4.49. The SMILES string of the molecule is Cc1ccc(C(=O)Nc2ccc(C=O)cc2)cc1C. The van der Waals surface area contributed by atoms with Gasteiger partial charge in [0, 0.05) is 16.8 Å². The van der Waals surface area contributed by atoms with E-state index in [0.29, 0.717) is 16.8 Å². The first-order chi connectivity index (χ1) is 9.10. The quantitative estimate of drug-likeness (QED) is 0.852. The van der Waals surface area contributed by atoms with E-state index in [1.807, 2.05) is 26.0 Å². The van der Waals surface area contributed by atoms with Gasteiger partial charge in [-0.25, -0.2) is 0 Å². The Labute approximate surface area is 112 Å². The molecule has 0 radical (unpaired) electrons. The number of aryl methyl sites for hydroxylation is 2. The molecule has 19 heavy (non-hydrogen) atoms. The van der Waals surface area contributed by atoms with Gasteiger partial charge in [0.25, 0.3) is 5.91 Å². The average molecular weight is 253 g/mol. The summed E-state index contributed by atoms with van der Waals surface area (Å²) in [6.45, 7) is 3.99. The van der Waals surface area contributed by atoms with E-state index in [9.17, 15) is 9.59 Å². The zero-order valence-electron chi connectivity index (χ0n) is 10.9. The molecule has 2 rings (SSSR count). The van der Waals surface area contributed by atoms with Crippen LogP contribution in [0.4, 0.5) is 5.69 Å². The summed E-state index contributed by atoms with van der Waals surface area (Å²) in [7, 11) is 0. The van der Waals surface area contributed by atoms with Crippen molar-refractivity contribution in [2.75, 3.05) is 5.32 Å². The van der Waals surface area contributed by atoms with Crippen LogP contribution in [0.2, 0.25) is 0 Å². The Hall–Kier alpha value is -2.42. The van der Waals surface area contributed by atoms with Crippen molar-refractivity contribution in [1.82, 2.24) is 0 Å². The number of carbonyl (C=O) groups is 2. The van der Waals surface area contributed by atoms with Crippen molar-refractivity contribution in [3.8, 4) is 0 Å². The molecular formula is C16H15NO2. The number of carbonyl (C=O) groups excluding carboxylic acids is 2. The third-order valence-corrected chi connectivity index (χ3v) is 3.07. The van der Waals surface area contributed by atoms with Crippen LogP contribution in [0.1, 0.15) is 31.8 Å². The van der Waals surface area contributed by atoms with Gasteiger partial charge in [-0.1, -0.05) is 6.07 Å². The molecule has 0 bridgehead atoms. The molecule has 3 heteroatoms. The van der Waals surface area contributed by atoms with Gasteiger partial charge in [0.2, 0.25) is 0 Å². The van der Waals surface area contributed by atoms with Crippen LogP contribution >= 0.6 is 0 Å². The van der Waals surface area contributed by atoms with Crippen LogP contribution in [0.3, 0.4) is 0 Å². The summed E-state index contributed by atoms with van der Waals surface area (Å²) in [5.41, 5.74) is 4.14. The number of anilines is 1. The molecule has 1 amide bonds. The van der Waals surface area contributed by atoms with Gasteiger partial charge in [0.1, 0.15) is 6.29 Å². The van der Waals surface area contributed by atoms with Crippen LogP contribution in [-0.4, -0.2) is 12.2 Å². The molecule has 0 aliphatic carbocycles. The maximum atomic E-state index is 12.1. The summed E-state index contributed by atoms with van der Waals surface area (Å²) in [4.78, 5) is 22.6. The second kappa shape index (κ2) is 5.48. The molecule has 0 saturated carbocycles. The van der Waals surface area contributed by atoms with Gasteiger partial charge in [-0.15, -0.1) is 0 Å². The topological polar surface area (TPSA) is 46.2 Å². The second-order valence-corrected chi connectivity index (χ2v) is 4.49. The Bertz CT molecular complexity index is 615. The zero-order chi connectivity index (χ0) is 13.8. The van der Waals surface area contributed by atoms with E-state index in [0.717, 1.165) is 17.4 Å². The first-order valence-electron chi connectivity index (χ1n) is 6.04. The van der Waals surface area contributed by atoms with Gasteiger partial charge in [-0.2, -0.15) is 0 Å². The summed E-state index contributed by atoms with van der Waals surface area (Å²) in [6, 6.07) is 12.4. The monoisotopic (exact) mass is 253 g/mol. The molecule has 0 spiro atoms. The molecule has 0 aromatic heterocycles. The lowest BCUT2D eigenvalue weighted by Gasteiger charge is -2.07. The lowest BCUT2D eigenvalue weighted by Crippen LogP contribution is -2.12. The molecule has 2 aromatic rings. The van der Waals surface area contributed by atoms with E-state index in [2.05, 4.69) is 5.32 Å². The third kappa shape index (κ3) is 3.07. The van der Waals surface area contributed by atoms with E-state index >= 15 is 0 Å². The Kier molecular flexibility index (Phi) is 3.76. The minimum Gasteiger partial charge on any atom is -0.322 e. The Morgan fingerprint density at radius 1 is 1.00 bits per heavy atom. The minimum absolute atomic E-state index is 0.151. The summed E-state index contributed by atoms with van der Waals surface area (Å²) in [6.07, 6.45) is 0.773. The van der Waals surface area contributed by atoms with E-state index in [4.69, 9.17) is 0 Å². The third-order valence-electron chi connectivity index (χ3n) is 3.07. The molecule has 0 heterocycles. The maximum Gasteiger partial charge on any atom is 0.255 e. The van der Waals surface area contributed by atoms with E-state index in [-0.39, 0.29) is 5.91 Å². The van der Waals surface area contributed by atoms with Crippen LogP contribution in [0.15, 0.2) is 42.5 Å². The fourth-order valence-electron chi connectivity index (χ4n) is 1.73. The van der Waals surface area contributed by atoms with E-state index in [1.54, 1.807) is 30.3 Å². The Balaban J connectivity index is 2.15. The number of hydrogen-bond acceptors (Lipinski definition) is 2. The molecule has 2 aromatic carbocycles.